The lowest BCUT2D eigenvalue weighted by atomic mass is 10.0. The average molecular weight is 261 g/mol. The van der Waals surface area contributed by atoms with Crippen LogP contribution in [-0.2, 0) is 0 Å². The van der Waals surface area contributed by atoms with Gasteiger partial charge in [-0.15, -0.1) is 0 Å². The van der Waals surface area contributed by atoms with E-state index < -0.39 is 4.92 Å². The molecule has 1 aromatic carbocycles. The third-order valence-electron chi connectivity index (χ3n) is 3.59. The molecule has 2 N–H and O–H groups in total. The van der Waals surface area contributed by atoms with Gasteiger partial charge in [0, 0.05) is 25.3 Å². The molecule has 0 heterocycles. The number of aliphatic hydroxyl groups is 1. The Morgan fingerprint density at radius 3 is 2.79 bits per heavy atom. The first-order valence-corrected chi connectivity index (χ1v) is 6.13. The van der Waals surface area contributed by atoms with Gasteiger partial charge in [-0.05, 0) is 30.7 Å². The Morgan fingerprint density at radius 2 is 2.26 bits per heavy atom. The second-order valence-corrected chi connectivity index (χ2v) is 4.93. The number of nitriles is 1. The van der Waals surface area contributed by atoms with Crippen molar-refractivity contribution in [2.75, 3.05) is 18.5 Å². The minimum absolute atomic E-state index is 0.0846. The van der Waals surface area contributed by atoms with Gasteiger partial charge in [0.1, 0.15) is 6.07 Å². The molecule has 1 aliphatic carbocycles. The standard InChI is InChI=1S/C13H15N3O3/c14-8-10-7-11(16(18)19)1-2-12(10)15-9-13(3-4-13)5-6-17/h1-2,7,15,17H,3-6,9H2. The second-order valence-electron chi connectivity index (χ2n) is 4.93. The zero-order chi connectivity index (χ0) is 13.9. The smallest absolute Gasteiger partial charge is 0.270 e. The van der Waals surface area contributed by atoms with E-state index >= 15 is 0 Å². The highest BCUT2D eigenvalue weighted by Gasteiger charge is 2.41. The Morgan fingerprint density at radius 1 is 1.53 bits per heavy atom. The van der Waals surface area contributed by atoms with Gasteiger partial charge in [0.2, 0.25) is 0 Å². The molecule has 1 aliphatic rings. The fourth-order valence-electron chi connectivity index (χ4n) is 2.10. The molecule has 0 radical (unpaired) electrons. The zero-order valence-electron chi connectivity index (χ0n) is 10.4. The number of non-ortho nitro benzene ring substituents is 1. The number of nitro groups is 1. The minimum Gasteiger partial charge on any atom is -0.396 e. The summed E-state index contributed by atoms with van der Waals surface area (Å²) in [6.07, 6.45) is 2.87. The summed E-state index contributed by atoms with van der Waals surface area (Å²) in [4.78, 5) is 10.1. The van der Waals surface area contributed by atoms with E-state index in [4.69, 9.17) is 10.4 Å². The summed E-state index contributed by atoms with van der Waals surface area (Å²) in [6.45, 7) is 0.840. The fraction of sp³-hybridized carbons (Fsp3) is 0.462. The molecule has 1 fully saturated rings. The van der Waals surface area contributed by atoms with Crippen molar-refractivity contribution >= 4 is 11.4 Å². The van der Waals surface area contributed by atoms with E-state index in [-0.39, 0.29) is 23.3 Å². The number of hydrogen-bond acceptors (Lipinski definition) is 5. The van der Waals surface area contributed by atoms with E-state index in [1.165, 1.54) is 12.1 Å². The van der Waals surface area contributed by atoms with Crippen molar-refractivity contribution in [3.63, 3.8) is 0 Å². The number of nitrogens with zero attached hydrogens (tertiary/aromatic N) is 2. The van der Waals surface area contributed by atoms with Crippen LogP contribution < -0.4 is 5.32 Å². The summed E-state index contributed by atoms with van der Waals surface area (Å²) in [7, 11) is 0. The summed E-state index contributed by atoms with van der Waals surface area (Å²) >= 11 is 0. The van der Waals surface area contributed by atoms with Crippen molar-refractivity contribution in [3.8, 4) is 6.07 Å². The molecule has 2 rings (SSSR count). The van der Waals surface area contributed by atoms with Gasteiger partial charge in [-0.2, -0.15) is 5.26 Å². The molecule has 0 bridgehead atoms. The molecular formula is C13H15N3O3. The third kappa shape index (κ3) is 3.01. The SMILES string of the molecule is N#Cc1cc([N+](=O)[O-])ccc1NCC1(CCO)CC1. The Hall–Kier alpha value is -2.13. The zero-order valence-corrected chi connectivity index (χ0v) is 10.4. The van der Waals surface area contributed by atoms with Crippen LogP contribution in [0.15, 0.2) is 18.2 Å². The number of nitrogens with one attached hydrogen (secondary N) is 1. The van der Waals surface area contributed by atoms with Crippen molar-refractivity contribution in [2.45, 2.75) is 19.3 Å². The average Bonchev–Trinajstić information content (AvgIpc) is 3.16. The number of nitro benzene ring substituents is 1. The summed E-state index contributed by atoms with van der Waals surface area (Å²) < 4.78 is 0. The van der Waals surface area contributed by atoms with Crippen LogP contribution >= 0.6 is 0 Å². The lowest BCUT2D eigenvalue weighted by Crippen LogP contribution is -2.17. The van der Waals surface area contributed by atoms with Crippen molar-refractivity contribution in [2.24, 2.45) is 5.41 Å². The van der Waals surface area contributed by atoms with Crippen LogP contribution in [0.5, 0.6) is 0 Å². The van der Waals surface area contributed by atoms with Gasteiger partial charge in [-0.3, -0.25) is 10.1 Å². The van der Waals surface area contributed by atoms with Gasteiger partial charge in [-0.1, -0.05) is 0 Å². The summed E-state index contributed by atoms with van der Waals surface area (Å²) in [5, 5.41) is 31.8. The van der Waals surface area contributed by atoms with Gasteiger partial charge >= 0.3 is 0 Å². The first-order chi connectivity index (χ1) is 9.10. The molecule has 0 spiro atoms. The molecule has 0 aliphatic heterocycles. The lowest BCUT2D eigenvalue weighted by molar-refractivity contribution is -0.384. The molecular weight excluding hydrogens is 246 g/mol. The van der Waals surface area contributed by atoms with Gasteiger partial charge < -0.3 is 10.4 Å². The van der Waals surface area contributed by atoms with Crippen molar-refractivity contribution in [1.82, 2.24) is 0 Å². The van der Waals surface area contributed by atoms with Crippen LogP contribution in [0.4, 0.5) is 11.4 Å². The van der Waals surface area contributed by atoms with Gasteiger partial charge in [0.05, 0.1) is 16.2 Å². The number of benzene rings is 1. The van der Waals surface area contributed by atoms with Crippen molar-refractivity contribution in [1.29, 1.82) is 5.26 Å². The summed E-state index contributed by atoms with van der Waals surface area (Å²) in [6, 6.07) is 6.18. The molecule has 0 aromatic heterocycles. The third-order valence-corrected chi connectivity index (χ3v) is 3.59. The molecule has 1 saturated carbocycles. The molecule has 0 atom stereocenters. The number of rotatable bonds is 6. The van der Waals surface area contributed by atoms with E-state index in [2.05, 4.69) is 5.32 Å². The molecule has 0 unspecified atom stereocenters. The van der Waals surface area contributed by atoms with Crippen molar-refractivity contribution < 1.29 is 10.0 Å². The van der Waals surface area contributed by atoms with Crippen LogP contribution in [0.1, 0.15) is 24.8 Å². The van der Waals surface area contributed by atoms with E-state index in [0.29, 0.717) is 12.2 Å². The van der Waals surface area contributed by atoms with Crippen LogP contribution in [0.2, 0.25) is 0 Å². The summed E-state index contributed by atoms with van der Waals surface area (Å²) in [5.41, 5.74) is 0.924. The molecule has 6 heteroatoms. The topological polar surface area (TPSA) is 99.2 Å². The maximum Gasteiger partial charge on any atom is 0.270 e. The Labute approximate surface area is 110 Å². The molecule has 6 nitrogen and oxygen atoms in total. The van der Waals surface area contributed by atoms with E-state index in [0.717, 1.165) is 19.3 Å². The first kappa shape index (κ1) is 13.3. The van der Waals surface area contributed by atoms with Crippen LogP contribution in [-0.4, -0.2) is 23.2 Å². The van der Waals surface area contributed by atoms with E-state index in [1.807, 2.05) is 6.07 Å². The van der Waals surface area contributed by atoms with E-state index in [1.54, 1.807) is 6.07 Å². The maximum absolute atomic E-state index is 10.6. The van der Waals surface area contributed by atoms with Gasteiger partial charge in [0.15, 0.2) is 0 Å². The molecule has 19 heavy (non-hydrogen) atoms. The fourth-order valence-corrected chi connectivity index (χ4v) is 2.10. The van der Waals surface area contributed by atoms with Crippen molar-refractivity contribution in [3.05, 3.63) is 33.9 Å². The monoisotopic (exact) mass is 261 g/mol. The van der Waals surface area contributed by atoms with Gasteiger partial charge in [-0.25, -0.2) is 0 Å². The van der Waals surface area contributed by atoms with Crippen LogP contribution in [0, 0.1) is 26.9 Å². The minimum atomic E-state index is -0.515. The Balaban J connectivity index is 2.08. The summed E-state index contributed by atoms with van der Waals surface area (Å²) in [5.74, 6) is 0. The normalized spacial score (nSPS) is 15.6. The lowest BCUT2D eigenvalue weighted by Gasteiger charge is -2.16. The molecule has 100 valence electrons. The highest BCUT2D eigenvalue weighted by Crippen LogP contribution is 2.48. The number of anilines is 1. The number of aliphatic hydroxyl groups excluding tert-OH is 1. The molecule has 0 saturated heterocycles. The highest BCUT2D eigenvalue weighted by atomic mass is 16.6. The highest BCUT2D eigenvalue weighted by molar-refractivity contribution is 5.61. The Kier molecular flexibility index (Phi) is 3.67. The Bertz CT molecular complexity index is 532. The predicted octanol–water partition coefficient (Wildman–Crippen LogP) is 2.04. The molecule has 1 aromatic rings. The van der Waals surface area contributed by atoms with Crippen LogP contribution in [0.25, 0.3) is 0 Å². The molecule has 0 amide bonds. The predicted molar refractivity (Wildman–Crippen MR) is 69.7 cm³/mol. The maximum atomic E-state index is 10.6. The second kappa shape index (κ2) is 5.24. The van der Waals surface area contributed by atoms with Gasteiger partial charge in [0.25, 0.3) is 5.69 Å². The van der Waals surface area contributed by atoms with Crippen LogP contribution in [0.3, 0.4) is 0 Å². The first-order valence-electron chi connectivity index (χ1n) is 6.13. The number of hydrogen-bond donors (Lipinski definition) is 2. The van der Waals surface area contributed by atoms with E-state index in [9.17, 15) is 10.1 Å². The quantitative estimate of drug-likeness (QED) is 0.603. The largest absolute Gasteiger partial charge is 0.396 e.